The fraction of sp³-hybridized carbons (Fsp3) is 0.308. The van der Waals surface area contributed by atoms with Gasteiger partial charge in [0.15, 0.2) is 0 Å². The van der Waals surface area contributed by atoms with Gasteiger partial charge in [-0.25, -0.2) is 0 Å². The van der Waals surface area contributed by atoms with E-state index in [1.165, 1.54) is 19.2 Å². The maximum absolute atomic E-state index is 11.9. The van der Waals surface area contributed by atoms with E-state index in [0.29, 0.717) is 11.3 Å². The van der Waals surface area contributed by atoms with Crippen LogP contribution < -0.4 is 15.8 Å². The highest BCUT2D eigenvalue weighted by atomic mass is 16.6. The average Bonchev–Trinajstić information content (AvgIpc) is 2.55. The molecule has 10 heteroatoms. The molecule has 0 unspecified atom stereocenters. The second-order valence-electron chi connectivity index (χ2n) is 4.34. The van der Waals surface area contributed by atoms with Crippen molar-refractivity contribution >= 4 is 29.6 Å². The van der Waals surface area contributed by atoms with Crippen LogP contribution in [-0.4, -0.2) is 48.2 Å². The fourth-order valence-corrected chi connectivity index (χ4v) is 1.68. The highest BCUT2D eigenvalue weighted by Crippen LogP contribution is 2.28. The van der Waals surface area contributed by atoms with E-state index in [-0.39, 0.29) is 36.6 Å². The molecule has 3 N–H and O–H groups in total. The van der Waals surface area contributed by atoms with Gasteiger partial charge in [0.1, 0.15) is 5.75 Å². The molecule has 0 saturated carbocycles. The van der Waals surface area contributed by atoms with Gasteiger partial charge in [0, 0.05) is 18.7 Å². The predicted molar refractivity (Wildman–Crippen MR) is 79.7 cm³/mol. The van der Waals surface area contributed by atoms with Crippen LogP contribution in [-0.2, 0) is 14.4 Å². The number of rotatable bonds is 7. The van der Waals surface area contributed by atoms with Gasteiger partial charge in [-0.15, -0.1) is 0 Å². The standard InChI is InChI=1S/C13H16N4O6/c1-23-11-4-3-9(17(21)22)7-10(11)15-12(19)13(20)16(8-18)6-2-5-14/h3-4,7-8H,2,5-6,14H2,1H3,(H,15,19). The topological polar surface area (TPSA) is 145 Å². The smallest absolute Gasteiger partial charge is 0.318 e. The van der Waals surface area contributed by atoms with Crippen molar-refractivity contribution in [3.05, 3.63) is 28.3 Å². The first-order chi connectivity index (χ1) is 10.9. The molecule has 3 amide bonds. The van der Waals surface area contributed by atoms with Crippen molar-refractivity contribution in [2.75, 3.05) is 25.5 Å². The van der Waals surface area contributed by atoms with Gasteiger partial charge in [0.05, 0.1) is 17.7 Å². The summed E-state index contributed by atoms with van der Waals surface area (Å²) in [7, 11) is 1.30. The lowest BCUT2D eigenvalue weighted by molar-refractivity contribution is -0.384. The first-order valence-electron chi connectivity index (χ1n) is 6.54. The summed E-state index contributed by atoms with van der Waals surface area (Å²) < 4.78 is 4.96. The van der Waals surface area contributed by atoms with Crippen LogP contribution in [0, 0.1) is 10.1 Å². The van der Waals surface area contributed by atoms with Crippen LogP contribution in [0.25, 0.3) is 0 Å². The normalized spacial score (nSPS) is 9.83. The Morgan fingerprint density at radius 3 is 2.70 bits per heavy atom. The number of anilines is 1. The summed E-state index contributed by atoms with van der Waals surface area (Å²) in [6.45, 7) is 0.246. The fourth-order valence-electron chi connectivity index (χ4n) is 1.68. The number of nitrogens with two attached hydrogens (primary N) is 1. The number of benzene rings is 1. The molecule has 1 aromatic rings. The number of hydrogen-bond donors (Lipinski definition) is 2. The van der Waals surface area contributed by atoms with Gasteiger partial charge in [-0.1, -0.05) is 0 Å². The van der Waals surface area contributed by atoms with Crippen LogP contribution in [0.4, 0.5) is 11.4 Å². The van der Waals surface area contributed by atoms with Crippen molar-refractivity contribution in [3.8, 4) is 5.75 Å². The molecule has 0 atom stereocenters. The Hall–Kier alpha value is -3.01. The zero-order chi connectivity index (χ0) is 17.4. The van der Waals surface area contributed by atoms with E-state index in [4.69, 9.17) is 10.5 Å². The molecule has 0 aromatic heterocycles. The van der Waals surface area contributed by atoms with Gasteiger partial charge in [-0.05, 0) is 19.0 Å². The van der Waals surface area contributed by atoms with Crippen molar-refractivity contribution < 1.29 is 24.0 Å². The van der Waals surface area contributed by atoms with E-state index in [0.717, 1.165) is 6.07 Å². The van der Waals surface area contributed by atoms with Gasteiger partial charge in [0.2, 0.25) is 6.41 Å². The van der Waals surface area contributed by atoms with Crippen molar-refractivity contribution in [1.82, 2.24) is 4.90 Å². The number of imide groups is 1. The Labute approximate surface area is 131 Å². The minimum absolute atomic E-state index is 0.00166. The maximum atomic E-state index is 11.9. The van der Waals surface area contributed by atoms with Crippen LogP contribution in [0.15, 0.2) is 18.2 Å². The molecule has 0 bridgehead atoms. The first-order valence-corrected chi connectivity index (χ1v) is 6.54. The molecule has 23 heavy (non-hydrogen) atoms. The molecule has 124 valence electrons. The zero-order valence-electron chi connectivity index (χ0n) is 12.4. The number of nitro benzene ring substituents is 1. The van der Waals surface area contributed by atoms with Crippen molar-refractivity contribution in [1.29, 1.82) is 0 Å². The highest BCUT2D eigenvalue weighted by molar-refractivity contribution is 6.41. The molecule has 10 nitrogen and oxygen atoms in total. The SMILES string of the molecule is COc1ccc([N+](=O)[O-])cc1NC(=O)C(=O)N(C=O)CCCN. The van der Waals surface area contributed by atoms with Crippen LogP contribution in [0.5, 0.6) is 5.75 Å². The van der Waals surface area contributed by atoms with Crippen LogP contribution in [0.2, 0.25) is 0 Å². The molecule has 1 aromatic carbocycles. The highest BCUT2D eigenvalue weighted by Gasteiger charge is 2.23. The number of hydrogen-bond acceptors (Lipinski definition) is 7. The second-order valence-corrected chi connectivity index (χ2v) is 4.34. The second kappa shape index (κ2) is 8.44. The monoisotopic (exact) mass is 324 g/mol. The lowest BCUT2D eigenvalue weighted by Crippen LogP contribution is -2.40. The molecule has 0 aliphatic heterocycles. The quantitative estimate of drug-likeness (QED) is 0.307. The molecule has 0 saturated heterocycles. The number of methoxy groups -OCH3 is 1. The summed E-state index contributed by atoms with van der Waals surface area (Å²) >= 11 is 0. The van der Waals surface area contributed by atoms with E-state index in [1.807, 2.05) is 0 Å². The Balaban J connectivity index is 2.94. The van der Waals surface area contributed by atoms with E-state index >= 15 is 0 Å². The maximum Gasteiger partial charge on any atom is 0.318 e. The molecule has 1 rings (SSSR count). The molecular formula is C13H16N4O6. The molecule has 0 spiro atoms. The van der Waals surface area contributed by atoms with Gasteiger partial charge < -0.3 is 15.8 Å². The summed E-state index contributed by atoms with van der Waals surface area (Å²) in [6.07, 6.45) is 0.570. The van der Waals surface area contributed by atoms with Crippen molar-refractivity contribution in [3.63, 3.8) is 0 Å². The number of carbonyl (C=O) groups is 3. The number of nitrogens with one attached hydrogen (secondary N) is 1. The van der Waals surface area contributed by atoms with Crippen LogP contribution in [0.3, 0.4) is 0 Å². The summed E-state index contributed by atoms with van der Waals surface area (Å²) in [6, 6.07) is 3.52. The lowest BCUT2D eigenvalue weighted by atomic mass is 10.2. The van der Waals surface area contributed by atoms with Gasteiger partial charge in [-0.3, -0.25) is 29.4 Å². The minimum Gasteiger partial charge on any atom is -0.495 e. The lowest BCUT2D eigenvalue weighted by Gasteiger charge is -2.15. The van der Waals surface area contributed by atoms with Gasteiger partial charge in [0.25, 0.3) is 5.69 Å². The number of ether oxygens (including phenoxy) is 1. The summed E-state index contributed by atoms with van der Waals surface area (Å²) in [5, 5.41) is 13.0. The Kier molecular flexibility index (Phi) is 6.62. The molecule has 0 heterocycles. The summed E-state index contributed by atoms with van der Waals surface area (Å²) in [5.41, 5.74) is 4.94. The molecule has 0 radical (unpaired) electrons. The summed E-state index contributed by atoms with van der Waals surface area (Å²) in [4.78, 5) is 45.4. The number of nitrogens with zero attached hydrogens (tertiary/aromatic N) is 2. The summed E-state index contributed by atoms with van der Waals surface area (Å²) in [5.74, 6) is -2.08. The third-order valence-electron chi connectivity index (χ3n) is 2.83. The Bertz CT molecular complexity index is 618. The number of carbonyl (C=O) groups excluding carboxylic acids is 3. The van der Waals surface area contributed by atoms with Crippen LogP contribution in [0.1, 0.15) is 6.42 Å². The Morgan fingerprint density at radius 2 is 2.17 bits per heavy atom. The number of nitro groups is 1. The zero-order valence-corrected chi connectivity index (χ0v) is 12.4. The minimum atomic E-state index is -1.12. The third kappa shape index (κ3) is 4.74. The van der Waals surface area contributed by atoms with E-state index in [9.17, 15) is 24.5 Å². The molecular weight excluding hydrogens is 308 g/mol. The van der Waals surface area contributed by atoms with Crippen LogP contribution >= 0.6 is 0 Å². The molecule has 0 aliphatic carbocycles. The van der Waals surface area contributed by atoms with Crippen molar-refractivity contribution in [2.45, 2.75) is 6.42 Å². The van der Waals surface area contributed by atoms with Crippen molar-refractivity contribution in [2.24, 2.45) is 5.73 Å². The number of non-ortho nitro benzene ring substituents is 1. The first kappa shape index (κ1) is 18.0. The molecule has 0 fully saturated rings. The molecule has 0 aliphatic rings. The van der Waals surface area contributed by atoms with E-state index in [2.05, 4.69) is 5.32 Å². The van der Waals surface area contributed by atoms with E-state index in [1.54, 1.807) is 0 Å². The predicted octanol–water partition coefficient (Wildman–Crippen LogP) is -0.124. The number of amides is 3. The Morgan fingerprint density at radius 1 is 1.48 bits per heavy atom. The largest absolute Gasteiger partial charge is 0.495 e. The van der Waals surface area contributed by atoms with E-state index < -0.39 is 16.7 Å². The van der Waals surface area contributed by atoms with Gasteiger partial charge >= 0.3 is 11.8 Å². The van der Waals surface area contributed by atoms with Gasteiger partial charge in [-0.2, -0.15) is 0 Å². The third-order valence-corrected chi connectivity index (χ3v) is 2.83. The average molecular weight is 324 g/mol.